The zero-order valence-electron chi connectivity index (χ0n) is 25.0. The van der Waals surface area contributed by atoms with Crippen molar-refractivity contribution in [2.45, 2.75) is 56.1 Å². The lowest BCUT2D eigenvalue weighted by atomic mass is 9.99. The summed E-state index contributed by atoms with van der Waals surface area (Å²) in [6.07, 6.45) is -11.0. The zero-order valence-corrected chi connectivity index (χ0v) is 25.0. The highest BCUT2D eigenvalue weighted by atomic mass is 16.7. The van der Waals surface area contributed by atoms with Crippen LogP contribution < -0.4 is 10.6 Å². The Morgan fingerprint density at radius 2 is 1.42 bits per heavy atom. The SMILES string of the molecule is CC(=O)O[C@H]1[C@H](O)[C@@H](O[C@H](C=Nc2ccc3c(c2)C(=O)NC3=O)[C@H](CO)O[C@H](O)C=Nc2ccc3c(c2)C(=O)NC3=O)O[C@@H](CO)[C@@H]1O. The average Bonchev–Trinajstić information content (AvgIpc) is 3.51. The quantitative estimate of drug-likeness (QED) is 0.0558. The third-order valence-corrected chi connectivity index (χ3v) is 7.44. The van der Waals surface area contributed by atoms with Crippen molar-refractivity contribution in [3.8, 4) is 0 Å². The molecule has 3 heterocycles. The molecule has 0 bridgehead atoms. The summed E-state index contributed by atoms with van der Waals surface area (Å²) < 4.78 is 21.9. The molecule has 0 saturated carbocycles. The first-order valence-electron chi connectivity index (χ1n) is 14.4. The van der Waals surface area contributed by atoms with Gasteiger partial charge in [-0.2, -0.15) is 0 Å². The topological polar surface area (TPSA) is 272 Å². The van der Waals surface area contributed by atoms with Crippen molar-refractivity contribution in [2.24, 2.45) is 9.98 Å². The van der Waals surface area contributed by atoms with Gasteiger partial charge in [0.2, 0.25) is 0 Å². The molecule has 0 aliphatic carbocycles. The van der Waals surface area contributed by atoms with Crippen LogP contribution in [0.4, 0.5) is 11.4 Å². The fraction of sp³-hybridized carbons (Fsp3) is 0.367. The number of nitrogens with zero attached hydrogens (tertiary/aromatic N) is 2. The van der Waals surface area contributed by atoms with Crippen molar-refractivity contribution in [2.75, 3.05) is 13.2 Å². The number of aliphatic imine (C=N–C) groups is 2. The molecule has 48 heavy (non-hydrogen) atoms. The van der Waals surface area contributed by atoms with E-state index in [0.717, 1.165) is 19.4 Å². The van der Waals surface area contributed by atoms with Crippen molar-refractivity contribution in [3.05, 3.63) is 58.7 Å². The number of rotatable bonds is 12. The van der Waals surface area contributed by atoms with Crippen molar-refractivity contribution in [1.82, 2.24) is 10.6 Å². The Balaban J connectivity index is 1.39. The number of fused-ring (bicyclic) bond motifs is 2. The van der Waals surface area contributed by atoms with E-state index in [1.165, 1.54) is 36.4 Å². The van der Waals surface area contributed by atoms with E-state index in [1.54, 1.807) is 0 Å². The van der Waals surface area contributed by atoms with E-state index in [4.69, 9.17) is 18.9 Å². The van der Waals surface area contributed by atoms with Gasteiger partial charge in [0.05, 0.1) is 53.1 Å². The van der Waals surface area contributed by atoms with Gasteiger partial charge in [-0.1, -0.05) is 0 Å². The van der Waals surface area contributed by atoms with E-state index >= 15 is 0 Å². The fourth-order valence-corrected chi connectivity index (χ4v) is 5.09. The standard InChI is InChI=1S/C30H30N4O14/c1-12(37)45-25-23(39)21(11-36)48-30(24(25)40)47-19(8-31-13-2-4-15-17(6-13)28(43)33-26(15)41)20(10-35)46-22(38)9-32-14-3-5-16-18(7-14)29(44)34-27(16)42/h2-9,19-25,30,35-36,38-40H,10-11H2,1H3,(H,33,41,43)(H,34,42,44)/t19-,20+,21+,22+,23+,24+,25-,30+/m1/s1. The van der Waals surface area contributed by atoms with Gasteiger partial charge in [0.25, 0.3) is 23.6 Å². The second-order valence-electron chi connectivity index (χ2n) is 10.7. The van der Waals surface area contributed by atoms with Gasteiger partial charge in [0.1, 0.15) is 30.5 Å². The molecular weight excluding hydrogens is 640 g/mol. The minimum atomic E-state index is -1.83. The van der Waals surface area contributed by atoms with Crippen LogP contribution in [0.5, 0.6) is 0 Å². The van der Waals surface area contributed by atoms with Crippen LogP contribution in [0.3, 0.4) is 0 Å². The van der Waals surface area contributed by atoms with Gasteiger partial charge in [-0.25, -0.2) is 0 Å². The molecule has 0 radical (unpaired) electrons. The van der Waals surface area contributed by atoms with Gasteiger partial charge >= 0.3 is 5.97 Å². The lowest BCUT2D eigenvalue weighted by Crippen LogP contribution is -2.61. The number of ether oxygens (including phenoxy) is 4. The number of hydrogen-bond acceptors (Lipinski definition) is 16. The largest absolute Gasteiger partial charge is 0.457 e. The number of amides is 4. The molecule has 0 unspecified atom stereocenters. The molecule has 1 saturated heterocycles. The van der Waals surface area contributed by atoms with Gasteiger partial charge in [-0.3, -0.25) is 44.6 Å². The van der Waals surface area contributed by atoms with E-state index in [-0.39, 0.29) is 33.6 Å². The third kappa shape index (κ3) is 7.35. The number of benzene rings is 2. The molecule has 254 valence electrons. The molecule has 18 nitrogen and oxygen atoms in total. The monoisotopic (exact) mass is 670 g/mol. The molecule has 2 aromatic carbocycles. The first-order chi connectivity index (χ1) is 22.9. The summed E-state index contributed by atoms with van der Waals surface area (Å²) in [6.45, 7) is -0.575. The molecule has 18 heteroatoms. The van der Waals surface area contributed by atoms with Crippen molar-refractivity contribution < 1.29 is 68.5 Å². The lowest BCUT2D eigenvalue weighted by molar-refractivity contribution is -0.315. The summed E-state index contributed by atoms with van der Waals surface area (Å²) in [5.41, 5.74) is 0.754. The summed E-state index contributed by atoms with van der Waals surface area (Å²) in [5, 5.41) is 56.2. The Kier molecular flexibility index (Phi) is 10.5. The van der Waals surface area contributed by atoms with Gasteiger partial charge in [-0.15, -0.1) is 0 Å². The predicted molar refractivity (Wildman–Crippen MR) is 159 cm³/mol. The maximum absolute atomic E-state index is 12.1. The number of aliphatic hydroxyl groups excluding tert-OH is 5. The van der Waals surface area contributed by atoms with E-state index in [9.17, 15) is 49.5 Å². The van der Waals surface area contributed by atoms with Crippen LogP contribution in [0, 0.1) is 0 Å². The Morgan fingerprint density at radius 1 is 0.875 bits per heavy atom. The molecule has 0 spiro atoms. The Bertz CT molecular complexity index is 1680. The summed E-state index contributed by atoms with van der Waals surface area (Å²) in [5.74, 6) is -3.26. The third-order valence-electron chi connectivity index (χ3n) is 7.44. The number of carbonyl (C=O) groups is 5. The van der Waals surface area contributed by atoms with Crippen molar-refractivity contribution in [1.29, 1.82) is 0 Å². The van der Waals surface area contributed by atoms with E-state index in [2.05, 4.69) is 20.6 Å². The molecule has 3 aliphatic heterocycles. The van der Waals surface area contributed by atoms with E-state index in [1.807, 2.05) is 0 Å². The Labute approximate surface area is 270 Å². The van der Waals surface area contributed by atoms with Gasteiger partial charge in [0.15, 0.2) is 18.7 Å². The number of hydrogen-bond donors (Lipinski definition) is 7. The van der Waals surface area contributed by atoms with Crippen LogP contribution in [0.15, 0.2) is 46.4 Å². The number of nitrogens with one attached hydrogen (secondary N) is 2. The maximum atomic E-state index is 12.1. The molecule has 0 aromatic heterocycles. The van der Waals surface area contributed by atoms with Crippen LogP contribution in [-0.4, -0.2) is 130 Å². The Hall–Kier alpha value is -4.79. The maximum Gasteiger partial charge on any atom is 0.303 e. The van der Waals surface area contributed by atoms with Gasteiger partial charge < -0.3 is 44.5 Å². The highest BCUT2D eigenvalue weighted by Crippen LogP contribution is 2.28. The molecule has 1 fully saturated rings. The van der Waals surface area contributed by atoms with Crippen LogP contribution >= 0.6 is 0 Å². The predicted octanol–water partition coefficient (Wildman–Crippen LogP) is -1.99. The first kappa shape index (κ1) is 34.5. The minimum Gasteiger partial charge on any atom is -0.457 e. The first-order valence-corrected chi connectivity index (χ1v) is 14.4. The van der Waals surface area contributed by atoms with E-state index < -0.39 is 92.0 Å². The lowest BCUT2D eigenvalue weighted by Gasteiger charge is -2.42. The molecule has 4 amide bonds. The second kappa shape index (κ2) is 14.5. The number of carbonyl (C=O) groups excluding carboxylic acids is 5. The normalized spacial score (nSPS) is 25.5. The molecule has 3 aliphatic rings. The summed E-state index contributed by atoms with van der Waals surface area (Å²) in [6, 6.07) is 8.19. The average molecular weight is 671 g/mol. The molecule has 5 rings (SSSR count). The second-order valence-corrected chi connectivity index (χ2v) is 10.7. The van der Waals surface area contributed by atoms with Gasteiger partial charge in [0, 0.05) is 13.1 Å². The van der Waals surface area contributed by atoms with Crippen LogP contribution in [0.2, 0.25) is 0 Å². The van der Waals surface area contributed by atoms with Crippen molar-refractivity contribution >= 4 is 53.4 Å². The summed E-state index contributed by atoms with van der Waals surface area (Å²) in [7, 11) is 0. The number of aliphatic hydroxyl groups is 5. The highest BCUT2D eigenvalue weighted by Gasteiger charge is 2.48. The Morgan fingerprint density at radius 3 is 1.94 bits per heavy atom. The van der Waals surface area contributed by atoms with Gasteiger partial charge in [-0.05, 0) is 36.4 Å². The summed E-state index contributed by atoms with van der Waals surface area (Å²) in [4.78, 5) is 67.7. The zero-order chi connectivity index (χ0) is 34.7. The highest BCUT2D eigenvalue weighted by molar-refractivity contribution is 6.22. The van der Waals surface area contributed by atoms with Crippen LogP contribution in [0.1, 0.15) is 48.4 Å². The summed E-state index contributed by atoms with van der Waals surface area (Å²) >= 11 is 0. The number of imide groups is 2. The van der Waals surface area contributed by atoms with Crippen LogP contribution in [-0.2, 0) is 23.7 Å². The molecular formula is C30H30N4O14. The number of esters is 1. The fourth-order valence-electron chi connectivity index (χ4n) is 5.09. The molecule has 8 atom stereocenters. The molecule has 2 aromatic rings. The van der Waals surface area contributed by atoms with E-state index in [0.29, 0.717) is 0 Å². The van der Waals surface area contributed by atoms with Crippen LogP contribution in [0.25, 0.3) is 0 Å². The smallest absolute Gasteiger partial charge is 0.303 e. The minimum absolute atomic E-state index is 0.0529. The molecule has 7 N–H and O–H groups in total. The van der Waals surface area contributed by atoms with Crippen molar-refractivity contribution in [3.63, 3.8) is 0 Å².